The first-order valence-corrected chi connectivity index (χ1v) is 7.00. The third-order valence-corrected chi connectivity index (χ3v) is 3.90. The summed E-state index contributed by atoms with van der Waals surface area (Å²) in [5, 5.41) is 9.23. The number of amides is 1. The van der Waals surface area contributed by atoms with Gasteiger partial charge in [0.15, 0.2) is 0 Å². The van der Waals surface area contributed by atoms with Crippen LogP contribution in [0.4, 0.5) is 5.69 Å². The lowest BCUT2D eigenvalue weighted by molar-refractivity contribution is -0.128. The highest BCUT2D eigenvalue weighted by Crippen LogP contribution is 2.22. The van der Waals surface area contributed by atoms with Gasteiger partial charge in [-0.2, -0.15) is 0 Å². The Kier molecular flexibility index (Phi) is 4.73. The van der Waals surface area contributed by atoms with E-state index in [0.29, 0.717) is 0 Å². The number of carbonyl (C=O) groups is 1. The minimum absolute atomic E-state index is 0.000127. The molecule has 1 amide bonds. The van der Waals surface area contributed by atoms with E-state index in [1.807, 2.05) is 0 Å². The van der Waals surface area contributed by atoms with Crippen molar-refractivity contribution >= 4 is 21.6 Å². The molecule has 0 radical (unpaired) electrons. The van der Waals surface area contributed by atoms with Crippen LogP contribution in [0.15, 0.2) is 23.1 Å². The molecule has 0 aliphatic rings. The highest BCUT2D eigenvalue weighted by Gasteiger charge is 2.15. The number of nitrogens with zero attached hydrogens (tertiary/aromatic N) is 1. The third kappa shape index (κ3) is 4.11. The lowest BCUT2D eigenvalue weighted by Gasteiger charge is -2.11. The van der Waals surface area contributed by atoms with Gasteiger partial charge in [0.1, 0.15) is 5.75 Å². The normalized spacial score (nSPS) is 11.3. The maximum absolute atomic E-state index is 11.9. The molecule has 4 N–H and O–H groups in total. The third-order valence-electron chi connectivity index (χ3n) is 2.44. The van der Waals surface area contributed by atoms with Crippen molar-refractivity contribution < 1.29 is 18.3 Å². The number of hydrogen-bond acceptors (Lipinski definition) is 5. The number of nitrogens with one attached hydrogen (secondary N) is 1. The van der Waals surface area contributed by atoms with Crippen LogP contribution in [0.3, 0.4) is 0 Å². The van der Waals surface area contributed by atoms with Gasteiger partial charge < -0.3 is 15.7 Å². The molecule has 19 heavy (non-hydrogen) atoms. The molecule has 7 nitrogen and oxygen atoms in total. The molecule has 0 aliphatic carbocycles. The Morgan fingerprint density at radius 1 is 1.42 bits per heavy atom. The van der Waals surface area contributed by atoms with Gasteiger partial charge in [0.05, 0.1) is 10.6 Å². The Morgan fingerprint density at radius 3 is 2.58 bits per heavy atom. The van der Waals surface area contributed by atoms with Crippen LogP contribution in [0.1, 0.15) is 6.42 Å². The number of hydrogen-bond donors (Lipinski definition) is 3. The topological polar surface area (TPSA) is 113 Å². The summed E-state index contributed by atoms with van der Waals surface area (Å²) in [6.45, 7) is 0.000127. The fraction of sp³-hybridized carbons (Fsp3) is 0.364. The second kappa shape index (κ2) is 5.89. The smallest absolute Gasteiger partial charge is 0.240 e. The molecule has 1 aromatic rings. The predicted octanol–water partition coefficient (Wildman–Crippen LogP) is -0.269. The number of carbonyl (C=O) groups excluding carboxylic acids is 1. The van der Waals surface area contributed by atoms with Crippen molar-refractivity contribution in [1.29, 1.82) is 0 Å². The second-order valence-electron chi connectivity index (χ2n) is 4.16. The SMILES string of the molecule is CN(C)C(=O)CCNS(=O)(=O)c1ccc(O)c(N)c1. The van der Waals surface area contributed by atoms with Gasteiger partial charge in [-0.3, -0.25) is 4.79 Å². The lowest BCUT2D eigenvalue weighted by Crippen LogP contribution is -2.30. The van der Waals surface area contributed by atoms with Crippen LogP contribution in [0.2, 0.25) is 0 Å². The first-order chi connectivity index (χ1) is 8.74. The number of sulfonamides is 1. The molecule has 1 aromatic carbocycles. The zero-order valence-corrected chi connectivity index (χ0v) is 11.6. The monoisotopic (exact) mass is 287 g/mol. The van der Waals surface area contributed by atoms with E-state index in [4.69, 9.17) is 5.73 Å². The summed E-state index contributed by atoms with van der Waals surface area (Å²) in [5.74, 6) is -0.352. The Labute approximate surface area is 112 Å². The van der Waals surface area contributed by atoms with Crippen molar-refractivity contribution in [2.24, 2.45) is 0 Å². The molecule has 0 heterocycles. The summed E-state index contributed by atoms with van der Waals surface area (Å²) in [7, 11) is -0.543. The van der Waals surface area contributed by atoms with E-state index in [1.54, 1.807) is 14.1 Å². The van der Waals surface area contributed by atoms with Crippen LogP contribution in [-0.2, 0) is 14.8 Å². The number of benzene rings is 1. The van der Waals surface area contributed by atoms with E-state index in [1.165, 1.54) is 17.0 Å². The molecule has 0 saturated heterocycles. The summed E-state index contributed by atoms with van der Waals surface area (Å²) >= 11 is 0. The lowest BCUT2D eigenvalue weighted by atomic mass is 10.3. The summed E-state index contributed by atoms with van der Waals surface area (Å²) in [6.07, 6.45) is 0.0692. The fourth-order valence-corrected chi connectivity index (χ4v) is 2.37. The van der Waals surface area contributed by atoms with E-state index in [-0.39, 0.29) is 35.2 Å². The fourth-order valence-electron chi connectivity index (χ4n) is 1.30. The molecular weight excluding hydrogens is 270 g/mol. The summed E-state index contributed by atoms with van der Waals surface area (Å²) < 4.78 is 26.0. The van der Waals surface area contributed by atoms with Gasteiger partial charge in [-0.05, 0) is 18.2 Å². The average molecular weight is 287 g/mol. The largest absolute Gasteiger partial charge is 0.506 e. The van der Waals surface area contributed by atoms with Gasteiger partial charge in [-0.15, -0.1) is 0 Å². The van der Waals surface area contributed by atoms with Gasteiger partial charge in [0.25, 0.3) is 0 Å². The minimum Gasteiger partial charge on any atom is -0.506 e. The summed E-state index contributed by atoms with van der Waals surface area (Å²) in [5.41, 5.74) is 5.41. The number of rotatable bonds is 5. The molecule has 0 atom stereocenters. The quantitative estimate of drug-likeness (QED) is 0.510. The van der Waals surface area contributed by atoms with Gasteiger partial charge in [-0.25, -0.2) is 13.1 Å². The van der Waals surface area contributed by atoms with Gasteiger partial charge in [0, 0.05) is 27.1 Å². The molecule has 1 rings (SSSR count). The van der Waals surface area contributed by atoms with Gasteiger partial charge in [0.2, 0.25) is 15.9 Å². The predicted molar refractivity (Wildman–Crippen MR) is 71.0 cm³/mol. The van der Waals surface area contributed by atoms with Crippen LogP contribution in [0.5, 0.6) is 5.75 Å². The van der Waals surface area contributed by atoms with E-state index in [9.17, 15) is 18.3 Å². The van der Waals surface area contributed by atoms with Crippen molar-refractivity contribution in [2.45, 2.75) is 11.3 Å². The molecule has 0 saturated carbocycles. The average Bonchev–Trinajstić information content (AvgIpc) is 2.32. The van der Waals surface area contributed by atoms with E-state index in [2.05, 4.69) is 4.72 Å². The Morgan fingerprint density at radius 2 is 2.05 bits per heavy atom. The zero-order valence-electron chi connectivity index (χ0n) is 10.8. The molecule has 0 spiro atoms. The highest BCUT2D eigenvalue weighted by molar-refractivity contribution is 7.89. The maximum Gasteiger partial charge on any atom is 0.240 e. The molecule has 0 aromatic heterocycles. The van der Waals surface area contributed by atoms with Crippen molar-refractivity contribution in [2.75, 3.05) is 26.4 Å². The number of nitrogen functional groups attached to an aromatic ring is 1. The Hall–Kier alpha value is -1.80. The van der Waals surface area contributed by atoms with Crippen molar-refractivity contribution in [3.63, 3.8) is 0 Å². The summed E-state index contributed by atoms with van der Waals surface area (Å²) in [4.78, 5) is 12.6. The Bertz CT molecular complexity index is 569. The molecule has 0 fully saturated rings. The number of phenolic OH excluding ortho intramolecular Hbond substituents is 1. The number of nitrogens with two attached hydrogens (primary N) is 1. The second-order valence-corrected chi connectivity index (χ2v) is 5.92. The number of aromatic hydroxyl groups is 1. The molecule has 0 unspecified atom stereocenters. The van der Waals surface area contributed by atoms with Gasteiger partial charge >= 0.3 is 0 Å². The van der Waals surface area contributed by atoms with Crippen LogP contribution < -0.4 is 10.5 Å². The van der Waals surface area contributed by atoms with Gasteiger partial charge in [-0.1, -0.05) is 0 Å². The first-order valence-electron chi connectivity index (χ1n) is 5.52. The van der Waals surface area contributed by atoms with Crippen LogP contribution in [-0.4, -0.2) is 45.0 Å². The van der Waals surface area contributed by atoms with Crippen LogP contribution in [0.25, 0.3) is 0 Å². The standard InChI is InChI=1S/C11H17N3O4S/c1-14(2)11(16)5-6-13-19(17,18)8-3-4-10(15)9(12)7-8/h3-4,7,13,15H,5-6,12H2,1-2H3. The van der Waals surface area contributed by atoms with Crippen molar-refractivity contribution in [3.8, 4) is 5.75 Å². The molecule has 0 aliphatic heterocycles. The Balaban J connectivity index is 2.71. The molecular formula is C11H17N3O4S. The first kappa shape index (κ1) is 15.3. The summed E-state index contributed by atoms with van der Waals surface area (Å²) in [6, 6.07) is 3.60. The maximum atomic E-state index is 11.9. The van der Waals surface area contributed by atoms with E-state index < -0.39 is 10.0 Å². The molecule has 106 valence electrons. The minimum atomic E-state index is -3.73. The molecule has 0 bridgehead atoms. The highest BCUT2D eigenvalue weighted by atomic mass is 32.2. The van der Waals surface area contributed by atoms with E-state index in [0.717, 1.165) is 6.07 Å². The van der Waals surface area contributed by atoms with Crippen LogP contribution >= 0.6 is 0 Å². The van der Waals surface area contributed by atoms with E-state index >= 15 is 0 Å². The molecule has 8 heteroatoms. The number of phenols is 1. The van der Waals surface area contributed by atoms with Crippen molar-refractivity contribution in [3.05, 3.63) is 18.2 Å². The van der Waals surface area contributed by atoms with Crippen molar-refractivity contribution in [1.82, 2.24) is 9.62 Å². The van der Waals surface area contributed by atoms with Crippen LogP contribution in [0, 0.1) is 0 Å². The zero-order chi connectivity index (χ0) is 14.6. The number of anilines is 1.